The number of halogens is 2. The molecule has 0 bridgehead atoms. The molecule has 1 aromatic heterocycles. The van der Waals surface area contributed by atoms with Crippen molar-refractivity contribution in [3.05, 3.63) is 109 Å². The smallest absolute Gasteiger partial charge is 0.295 e. The Kier molecular flexibility index (Phi) is 4.30. The zero-order chi connectivity index (χ0) is 20.1. The summed E-state index contributed by atoms with van der Waals surface area (Å²) < 4.78 is 6.76. The summed E-state index contributed by atoms with van der Waals surface area (Å²) in [7, 11) is 0. The third kappa shape index (κ3) is 2.89. The molecule has 4 aromatic rings. The van der Waals surface area contributed by atoms with E-state index in [1.165, 1.54) is 0 Å². The molecule has 0 fully saturated rings. The van der Waals surface area contributed by atoms with Crippen molar-refractivity contribution < 1.29 is 9.21 Å². The lowest BCUT2D eigenvalue weighted by atomic mass is 9.98. The summed E-state index contributed by atoms with van der Waals surface area (Å²) >= 11 is 9.56. The van der Waals surface area contributed by atoms with Gasteiger partial charge in [-0.25, -0.2) is 0 Å². The summed E-state index contributed by atoms with van der Waals surface area (Å²) in [4.78, 5) is 28.5. The van der Waals surface area contributed by atoms with Crippen LogP contribution in [0.1, 0.15) is 27.7 Å². The van der Waals surface area contributed by atoms with Crippen LogP contribution in [0.15, 0.2) is 86.5 Å². The number of anilines is 1. The monoisotopic (exact) mass is 465 g/mol. The molecular weight excluding hydrogens is 454 g/mol. The minimum absolute atomic E-state index is 0.0682. The van der Waals surface area contributed by atoms with E-state index in [2.05, 4.69) is 15.9 Å². The minimum Gasteiger partial charge on any atom is -0.450 e. The van der Waals surface area contributed by atoms with Crippen LogP contribution in [0.3, 0.4) is 0 Å². The van der Waals surface area contributed by atoms with Gasteiger partial charge in [0.1, 0.15) is 5.58 Å². The molecule has 5 rings (SSSR count). The van der Waals surface area contributed by atoms with E-state index in [9.17, 15) is 9.59 Å². The van der Waals surface area contributed by atoms with Crippen molar-refractivity contribution in [3.63, 3.8) is 0 Å². The van der Waals surface area contributed by atoms with Gasteiger partial charge in [-0.3, -0.25) is 14.5 Å². The summed E-state index contributed by atoms with van der Waals surface area (Å²) in [5.41, 5.74) is 1.92. The molecule has 0 aliphatic carbocycles. The fourth-order valence-electron chi connectivity index (χ4n) is 3.79. The molecule has 29 heavy (non-hydrogen) atoms. The van der Waals surface area contributed by atoms with E-state index >= 15 is 0 Å². The number of carbonyl (C=O) groups excluding carboxylic acids is 1. The number of rotatable bonds is 2. The average Bonchev–Trinajstić information content (AvgIpc) is 3.02. The van der Waals surface area contributed by atoms with Gasteiger partial charge in [-0.05, 0) is 42.0 Å². The Labute approximate surface area is 179 Å². The number of fused-ring (bicyclic) bond motifs is 2. The molecule has 6 heteroatoms. The van der Waals surface area contributed by atoms with Crippen LogP contribution < -0.4 is 10.3 Å². The maximum Gasteiger partial charge on any atom is 0.295 e. The van der Waals surface area contributed by atoms with Crippen molar-refractivity contribution in [3.8, 4) is 0 Å². The predicted molar refractivity (Wildman–Crippen MR) is 117 cm³/mol. The molecule has 2 heterocycles. The lowest BCUT2D eigenvalue weighted by molar-refractivity contribution is 0.0971. The second kappa shape index (κ2) is 6.87. The van der Waals surface area contributed by atoms with Crippen LogP contribution in [0.25, 0.3) is 11.0 Å². The molecule has 1 atom stereocenters. The first-order valence-corrected chi connectivity index (χ1v) is 10.1. The van der Waals surface area contributed by atoms with Gasteiger partial charge >= 0.3 is 0 Å². The van der Waals surface area contributed by atoms with Gasteiger partial charge in [-0.15, -0.1) is 0 Å². The van der Waals surface area contributed by atoms with Gasteiger partial charge in [-0.2, -0.15) is 0 Å². The van der Waals surface area contributed by atoms with Gasteiger partial charge in [-0.1, -0.05) is 63.9 Å². The minimum atomic E-state index is -0.590. The first-order chi connectivity index (χ1) is 14.0. The van der Waals surface area contributed by atoms with Gasteiger partial charge in [0.2, 0.25) is 5.76 Å². The van der Waals surface area contributed by atoms with Gasteiger partial charge in [0.05, 0.1) is 17.0 Å². The maximum atomic E-state index is 13.4. The highest BCUT2D eigenvalue weighted by Crippen LogP contribution is 2.41. The van der Waals surface area contributed by atoms with E-state index in [-0.39, 0.29) is 17.1 Å². The van der Waals surface area contributed by atoms with Crippen molar-refractivity contribution in [2.45, 2.75) is 6.04 Å². The number of carbonyl (C=O) groups is 1. The molecule has 0 spiro atoms. The highest BCUT2D eigenvalue weighted by Gasteiger charge is 2.43. The molecule has 142 valence electrons. The second-order valence-corrected chi connectivity index (χ2v) is 8.13. The molecule has 3 aromatic carbocycles. The molecule has 1 aliphatic heterocycles. The van der Waals surface area contributed by atoms with E-state index in [1.807, 2.05) is 54.6 Å². The molecule has 1 amide bonds. The lowest BCUT2D eigenvalue weighted by Crippen LogP contribution is -2.29. The first-order valence-electron chi connectivity index (χ1n) is 8.95. The van der Waals surface area contributed by atoms with Crippen LogP contribution in [0, 0.1) is 0 Å². The average molecular weight is 467 g/mol. The number of hydrogen-bond donors (Lipinski definition) is 0. The zero-order valence-corrected chi connectivity index (χ0v) is 17.3. The van der Waals surface area contributed by atoms with Crippen LogP contribution in [0.5, 0.6) is 0 Å². The Morgan fingerprint density at radius 1 is 0.931 bits per heavy atom. The quantitative estimate of drug-likeness (QED) is 0.366. The van der Waals surface area contributed by atoms with E-state index in [1.54, 1.807) is 23.1 Å². The van der Waals surface area contributed by atoms with Crippen LogP contribution in [0.4, 0.5) is 5.69 Å². The molecule has 4 nitrogen and oxygen atoms in total. The Balaban J connectivity index is 1.84. The first kappa shape index (κ1) is 18.2. The predicted octanol–water partition coefficient (Wildman–Crippen LogP) is 5.96. The maximum absolute atomic E-state index is 13.4. The summed E-state index contributed by atoms with van der Waals surface area (Å²) in [6.45, 7) is 0. The standard InChI is InChI=1S/C23H13BrClNO3/c24-14-7-4-8-16(11-14)26-20(13-5-2-1-3-6-13)19-21(27)17-12-15(25)9-10-18(17)29-22(19)23(26)28/h1-12,20H. The summed E-state index contributed by atoms with van der Waals surface area (Å²) in [6, 6.07) is 21.1. The third-order valence-corrected chi connectivity index (χ3v) is 5.76. The van der Waals surface area contributed by atoms with Crippen LogP contribution in [0.2, 0.25) is 5.02 Å². The number of benzene rings is 3. The van der Waals surface area contributed by atoms with E-state index in [0.717, 1.165) is 10.0 Å². The molecule has 1 aliphatic rings. The van der Waals surface area contributed by atoms with Crippen molar-refractivity contribution >= 4 is 50.1 Å². The normalized spacial score (nSPS) is 15.7. The van der Waals surface area contributed by atoms with Crippen LogP contribution in [-0.4, -0.2) is 5.91 Å². The Bertz CT molecular complexity index is 1330. The molecule has 0 N–H and O–H groups in total. The summed E-state index contributed by atoms with van der Waals surface area (Å²) in [5.74, 6) is -0.278. The van der Waals surface area contributed by atoms with Crippen molar-refractivity contribution in [2.24, 2.45) is 0 Å². The number of amides is 1. The Morgan fingerprint density at radius 3 is 2.48 bits per heavy atom. The molecule has 0 saturated carbocycles. The van der Waals surface area contributed by atoms with E-state index in [4.69, 9.17) is 16.0 Å². The van der Waals surface area contributed by atoms with Gasteiger partial charge in [0, 0.05) is 15.2 Å². The molecule has 0 saturated heterocycles. The summed E-state index contributed by atoms with van der Waals surface area (Å²) in [6.07, 6.45) is 0. The highest BCUT2D eigenvalue weighted by molar-refractivity contribution is 9.10. The topological polar surface area (TPSA) is 50.5 Å². The van der Waals surface area contributed by atoms with E-state index < -0.39 is 6.04 Å². The van der Waals surface area contributed by atoms with Gasteiger partial charge in [0.25, 0.3) is 5.91 Å². The fourth-order valence-corrected chi connectivity index (χ4v) is 4.35. The molecule has 1 unspecified atom stereocenters. The van der Waals surface area contributed by atoms with Gasteiger partial charge < -0.3 is 4.42 Å². The Morgan fingerprint density at radius 2 is 1.72 bits per heavy atom. The third-order valence-electron chi connectivity index (χ3n) is 5.03. The Hall–Kier alpha value is -2.89. The second-order valence-electron chi connectivity index (χ2n) is 6.78. The van der Waals surface area contributed by atoms with E-state index in [0.29, 0.717) is 27.2 Å². The summed E-state index contributed by atoms with van der Waals surface area (Å²) in [5, 5.41) is 0.801. The van der Waals surface area contributed by atoms with Crippen LogP contribution >= 0.6 is 27.5 Å². The van der Waals surface area contributed by atoms with Crippen molar-refractivity contribution in [1.29, 1.82) is 0 Å². The lowest BCUT2D eigenvalue weighted by Gasteiger charge is -2.25. The number of nitrogens with zero attached hydrogens (tertiary/aromatic N) is 1. The molecule has 0 radical (unpaired) electrons. The molecular formula is C23H13BrClNO3. The highest BCUT2D eigenvalue weighted by atomic mass is 79.9. The largest absolute Gasteiger partial charge is 0.450 e. The zero-order valence-electron chi connectivity index (χ0n) is 14.9. The van der Waals surface area contributed by atoms with Crippen molar-refractivity contribution in [1.82, 2.24) is 0 Å². The number of hydrogen-bond acceptors (Lipinski definition) is 3. The SMILES string of the molecule is O=C1c2oc3ccc(Cl)cc3c(=O)c2C(c2ccccc2)N1c1cccc(Br)c1. The van der Waals surface area contributed by atoms with Gasteiger partial charge in [0.15, 0.2) is 5.43 Å². The van der Waals surface area contributed by atoms with Crippen LogP contribution in [-0.2, 0) is 0 Å². The fraction of sp³-hybridized carbons (Fsp3) is 0.0435. The van der Waals surface area contributed by atoms with Crippen molar-refractivity contribution in [2.75, 3.05) is 4.90 Å².